The zero-order valence-corrected chi connectivity index (χ0v) is 13.0. The van der Waals surface area contributed by atoms with Crippen molar-refractivity contribution in [2.45, 2.75) is 12.5 Å². The molecular formula is C15H13BrFN3O2. The Hall–Kier alpha value is -2.28. The predicted molar refractivity (Wildman–Crippen MR) is 82.5 cm³/mol. The highest BCUT2D eigenvalue weighted by atomic mass is 79.9. The van der Waals surface area contributed by atoms with E-state index in [1.165, 1.54) is 24.3 Å². The molecule has 0 aliphatic rings. The van der Waals surface area contributed by atoms with E-state index < -0.39 is 23.7 Å². The van der Waals surface area contributed by atoms with Gasteiger partial charge in [-0.05, 0) is 51.8 Å². The van der Waals surface area contributed by atoms with Crippen LogP contribution in [0.3, 0.4) is 0 Å². The first-order valence-electron chi connectivity index (χ1n) is 6.42. The SMILES string of the molecule is NC(=O)[C@H](Cc1cccnc1Br)NC(=O)c1ccc(F)cc1. The van der Waals surface area contributed by atoms with Crippen LogP contribution in [0.5, 0.6) is 0 Å². The molecule has 0 saturated carbocycles. The standard InChI is InChI=1S/C15H13BrFN3O2/c16-13-10(2-1-7-19-13)8-12(14(18)21)20-15(22)9-3-5-11(17)6-4-9/h1-7,12H,8H2,(H2,18,21)(H,20,22)/t12-/m0/s1. The molecule has 7 heteroatoms. The number of carbonyl (C=O) groups is 2. The maximum atomic E-state index is 12.9. The maximum absolute atomic E-state index is 12.9. The highest BCUT2D eigenvalue weighted by molar-refractivity contribution is 9.10. The van der Waals surface area contributed by atoms with E-state index in [1.807, 2.05) is 0 Å². The molecule has 1 heterocycles. The van der Waals surface area contributed by atoms with Crippen molar-refractivity contribution in [2.24, 2.45) is 5.73 Å². The summed E-state index contributed by atoms with van der Waals surface area (Å²) in [7, 11) is 0. The van der Waals surface area contributed by atoms with Crippen molar-refractivity contribution >= 4 is 27.7 Å². The average molecular weight is 366 g/mol. The van der Waals surface area contributed by atoms with E-state index in [-0.39, 0.29) is 12.0 Å². The average Bonchev–Trinajstić information content (AvgIpc) is 2.49. The summed E-state index contributed by atoms with van der Waals surface area (Å²) in [5.74, 6) is -1.60. The van der Waals surface area contributed by atoms with E-state index in [1.54, 1.807) is 18.3 Å². The van der Waals surface area contributed by atoms with Crippen molar-refractivity contribution < 1.29 is 14.0 Å². The van der Waals surface area contributed by atoms with Gasteiger partial charge >= 0.3 is 0 Å². The number of primary amides is 1. The number of nitrogens with zero attached hydrogens (tertiary/aromatic N) is 1. The fourth-order valence-corrected chi connectivity index (χ4v) is 2.27. The third-order valence-electron chi connectivity index (χ3n) is 3.02. The number of amides is 2. The number of rotatable bonds is 5. The molecule has 114 valence electrons. The van der Waals surface area contributed by atoms with Crippen LogP contribution < -0.4 is 11.1 Å². The Morgan fingerprint density at radius 1 is 1.27 bits per heavy atom. The Bertz CT molecular complexity index is 691. The van der Waals surface area contributed by atoms with E-state index in [0.29, 0.717) is 4.60 Å². The number of carbonyl (C=O) groups excluding carboxylic acids is 2. The Morgan fingerprint density at radius 3 is 2.55 bits per heavy atom. The van der Waals surface area contributed by atoms with Crippen molar-refractivity contribution in [1.29, 1.82) is 0 Å². The van der Waals surface area contributed by atoms with Gasteiger partial charge in [0.1, 0.15) is 16.5 Å². The maximum Gasteiger partial charge on any atom is 0.251 e. The largest absolute Gasteiger partial charge is 0.368 e. The molecule has 2 amide bonds. The van der Waals surface area contributed by atoms with Crippen LogP contribution in [0.1, 0.15) is 15.9 Å². The van der Waals surface area contributed by atoms with Gasteiger partial charge in [-0.25, -0.2) is 9.37 Å². The fourth-order valence-electron chi connectivity index (χ4n) is 1.86. The van der Waals surface area contributed by atoms with Gasteiger partial charge in [0.15, 0.2) is 0 Å². The summed E-state index contributed by atoms with van der Waals surface area (Å²) in [5, 5.41) is 2.54. The third kappa shape index (κ3) is 4.11. The Kier molecular flexibility index (Phi) is 5.21. The number of hydrogen-bond donors (Lipinski definition) is 2. The lowest BCUT2D eigenvalue weighted by Gasteiger charge is -2.16. The second-order valence-electron chi connectivity index (χ2n) is 4.59. The summed E-state index contributed by atoms with van der Waals surface area (Å²) in [6, 6.07) is 7.62. The summed E-state index contributed by atoms with van der Waals surface area (Å²) in [6.45, 7) is 0. The molecule has 0 fully saturated rings. The van der Waals surface area contributed by atoms with Crippen molar-refractivity contribution in [2.75, 3.05) is 0 Å². The zero-order valence-electron chi connectivity index (χ0n) is 11.4. The van der Waals surface area contributed by atoms with Crippen LogP contribution in [-0.2, 0) is 11.2 Å². The minimum Gasteiger partial charge on any atom is -0.368 e. The van der Waals surface area contributed by atoms with Gasteiger partial charge in [0, 0.05) is 18.2 Å². The number of nitrogens with one attached hydrogen (secondary N) is 1. The van der Waals surface area contributed by atoms with Crippen LogP contribution in [-0.4, -0.2) is 22.8 Å². The summed E-state index contributed by atoms with van der Waals surface area (Å²) >= 11 is 3.28. The number of benzene rings is 1. The lowest BCUT2D eigenvalue weighted by molar-refractivity contribution is -0.119. The van der Waals surface area contributed by atoms with E-state index in [9.17, 15) is 14.0 Å². The third-order valence-corrected chi connectivity index (χ3v) is 3.73. The van der Waals surface area contributed by atoms with Gasteiger partial charge in [-0.1, -0.05) is 6.07 Å². The van der Waals surface area contributed by atoms with Gasteiger partial charge in [0.25, 0.3) is 5.91 Å². The number of halogens is 2. The van der Waals surface area contributed by atoms with Gasteiger partial charge < -0.3 is 11.1 Å². The molecule has 0 saturated heterocycles. The Morgan fingerprint density at radius 2 is 1.95 bits per heavy atom. The topological polar surface area (TPSA) is 85.1 Å². The van der Waals surface area contributed by atoms with Crippen LogP contribution in [0, 0.1) is 5.82 Å². The van der Waals surface area contributed by atoms with E-state index >= 15 is 0 Å². The first-order valence-corrected chi connectivity index (χ1v) is 7.22. The molecule has 22 heavy (non-hydrogen) atoms. The molecule has 0 unspecified atom stereocenters. The molecule has 2 aromatic rings. The minimum atomic E-state index is -0.891. The molecule has 3 N–H and O–H groups in total. The van der Waals surface area contributed by atoms with Crippen LogP contribution in [0.15, 0.2) is 47.2 Å². The van der Waals surface area contributed by atoms with Crippen LogP contribution in [0.2, 0.25) is 0 Å². The van der Waals surface area contributed by atoms with Crippen molar-refractivity contribution in [3.63, 3.8) is 0 Å². The molecule has 0 bridgehead atoms. The second-order valence-corrected chi connectivity index (χ2v) is 5.34. The second kappa shape index (κ2) is 7.13. The number of hydrogen-bond acceptors (Lipinski definition) is 3. The molecule has 0 spiro atoms. The van der Waals surface area contributed by atoms with Gasteiger partial charge in [0.2, 0.25) is 5.91 Å². The molecule has 0 radical (unpaired) electrons. The van der Waals surface area contributed by atoms with E-state index in [0.717, 1.165) is 5.56 Å². The molecule has 1 atom stereocenters. The first kappa shape index (κ1) is 16.1. The molecule has 0 aliphatic heterocycles. The number of pyridine rings is 1. The predicted octanol–water partition coefficient (Wildman–Crippen LogP) is 1.81. The van der Waals surface area contributed by atoms with Crippen molar-refractivity contribution in [1.82, 2.24) is 10.3 Å². The van der Waals surface area contributed by atoms with Crippen molar-refractivity contribution in [3.05, 3.63) is 64.1 Å². The molecule has 5 nitrogen and oxygen atoms in total. The minimum absolute atomic E-state index is 0.205. The van der Waals surface area contributed by atoms with Gasteiger partial charge in [0.05, 0.1) is 0 Å². The quantitative estimate of drug-likeness (QED) is 0.792. The number of nitrogens with two attached hydrogens (primary N) is 1. The van der Waals surface area contributed by atoms with Gasteiger partial charge in [-0.2, -0.15) is 0 Å². The van der Waals surface area contributed by atoms with Gasteiger partial charge in [-0.15, -0.1) is 0 Å². The Labute approximate surface area is 134 Å². The smallest absolute Gasteiger partial charge is 0.251 e. The summed E-state index contributed by atoms with van der Waals surface area (Å²) in [6.07, 6.45) is 1.81. The van der Waals surface area contributed by atoms with E-state index in [4.69, 9.17) is 5.73 Å². The summed E-state index contributed by atoms with van der Waals surface area (Å²) in [5.41, 5.74) is 6.33. The summed E-state index contributed by atoms with van der Waals surface area (Å²) in [4.78, 5) is 27.7. The number of aromatic nitrogens is 1. The van der Waals surface area contributed by atoms with Crippen LogP contribution in [0.25, 0.3) is 0 Å². The molecule has 1 aromatic carbocycles. The molecule has 1 aromatic heterocycles. The zero-order chi connectivity index (χ0) is 16.1. The Balaban J connectivity index is 2.12. The monoisotopic (exact) mass is 365 g/mol. The summed E-state index contributed by atoms with van der Waals surface area (Å²) < 4.78 is 13.4. The normalized spacial score (nSPS) is 11.7. The lowest BCUT2D eigenvalue weighted by Crippen LogP contribution is -2.45. The van der Waals surface area contributed by atoms with Crippen LogP contribution in [0.4, 0.5) is 4.39 Å². The van der Waals surface area contributed by atoms with E-state index in [2.05, 4.69) is 26.2 Å². The molecule has 2 rings (SSSR count). The van der Waals surface area contributed by atoms with Crippen LogP contribution >= 0.6 is 15.9 Å². The molecular weight excluding hydrogens is 353 g/mol. The first-order chi connectivity index (χ1) is 10.5. The highest BCUT2D eigenvalue weighted by Crippen LogP contribution is 2.15. The molecule has 0 aliphatic carbocycles. The highest BCUT2D eigenvalue weighted by Gasteiger charge is 2.20. The van der Waals surface area contributed by atoms with Crippen molar-refractivity contribution in [3.8, 4) is 0 Å². The lowest BCUT2D eigenvalue weighted by atomic mass is 10.1. The van der Waals surface area contributed by atoms with Gasteiger partial charge in [-0.3, -0.25) is 9.59 Å². The fraction of sp³-hybridized carbons (Fsp3) is 0.133.